The van der Waals surface area contributed by atoms with Crippen molar-refractivity contribution in [3.05, 3.63) is 63.8 Å². The van der Waals surface area contributed by atoms with E-state index in [4.69, 9.17) is 0 Å². The fraction of sp³-hybridized carbons (Fsp3) is 0.333. The zero-order valence-electron chi connectivity index (χ0n) is 14.1. The van der Waals surface area contributed by atoms with Gasteiger partial charge in [-0.1, -0.05) is 17.7 Å². The van der Waals surface area contributed by atoms with Crippen LogP contribution in [0.3, 0.4) is 0 Å². The van der Waals surface area contributed by atoms with Crippen molar-refractivity contribution in [3.8, 4) is 0 Å². The summed E-state index contributed by atoms with van der Waals surface area (Å²) in [6.45, 7) is 4.71. The summed E-state index contributed by atoms with van der Waals surface area (Å²) in [4.78, 5) is 31.0. The topological polar surface area (TPSA) is 79.6 Å². The average Bonchev–Trinajstić information content (AvgIpc) is 2.88. The summed E-state index contributed by atoms with van der Waals surface area (Å²) in [5.41, 5.74) is 1.81. The van der Waals surface area contributed by atoms with Crippen LogP contribution in [0.5, 0.6) is 0 Å². The van der Waals surface area contributed by atoms with Gasteiger partial charge >= 0.3 is 0 Å². The van der Waals surface area contributed by atoms with E-state index in [1.807, 2.05) is 36.1 Å². The van der Waals surface area contributed by atoms with Crippen LogP contribution in [0.2, 0.25) is 0 Å². The smallest absolute Gasteiger partial charge is 0.287 e. The molecule has 1 aromatic heterocycles. The summed E-state index contributed by atoms with van der Waals surface area (Å²) in [6.07, 6.45) is 2.10. The molecule has 0 aliphatic carbocycles. The molecule has 0 unspecified atom stereocenters. The van der Waals surface area contributed by atoms with Crippen LogP contribution in [0.1, 0.15) is 22.3 Å². The van der Waals surface area contributed by atoms with Gasteiger partial charge in [-0.05, 0) is 31.5 Å². The highest BCUT2D eigenvalue weighted by Gasteiger charge is 2.21. The van der Waals surface area contributed by atoms with E-state index in [2.05, 4.69) is 9.88 Å². The molecule has 1 amide bonds. The molecule has 0 radical (unpaired) electrons. The Balaban J connectivity index is 1.66. The largest absolute Gasteiger partial charge is 0.355 e. The molecule has 1 aromatic carbocycles. The molecule has 130 valence electrons. The van der Waals surface area contributed by atoms with E-state index in [1.165, 1.54) is 12.3 Å². The van der Waals surface area contributed by atoms with Crippen LogP contribution < -0.4 is 4.90 Å². The van der Waals surface area contributed by atoms with Crippen LogP contribution >= 0.6 is 0 Å². The molecule has 1 aliphatic rings. The van der Waals surface area contributed by atoms with Crippen molar-refractivity contribution in [2.75, 3.05) is 31.1 Å². The molecule has 7 nitrogen and oxygen atoms in total. The molecular weight excluding hydrogens is 320 g/mol. The summed E-state index contributed by atoms with van der Waals surface area (Å²) in [7, 11) is 0. The Morgan fingerprint density at radius 3 is 2.48 bits per heavy atom. The van der Waals surface area contributed by atoms with E-state index in [-0.39, 0.29) is 11.6 Å². The van der Waals surface area contributed by atoms with Crippen LogP contribution in [-0.2, 0) is 0 Å². The first-order valence-corrected chi connectivity index (χ1v) is 8.26. The molecular formula is C18H20N4O3. The highest BCUT2D eigenvalue weighted by Crippen LogP contribution is 2.18. The molecule has 3 rings (SSSR count). The van der Waals surface area contributed by atoms with Crippen LogP contribution in [0, 0.1) is 17.0 Å². The number of carbonyl (C=O) groups is 1. The normalized spacial score (nSPS) is 14.9. The number of hydrogen-bond acceptors (Lipinski definition) is 5. The average molecular weight is 340 g/mol. The number of amides is 1. The van der Waals surface area contributed by atoms with Gasteiger partial charge in [-0.25, -0.2) is 4.98 Å². The van der Waals surface area contributed by atoms with Crippen LogP contribution in [-0.4, -0.2) is 46.9 Å². The Morgan fingerprint density at radius 2 is 1.84 bits per heavy atom. The molecule has 7 heteroatoms. The molecule has 25 heavy (non-hydrogen) atoms. The maximum atomic E-state index is 12.6. The second-order valence-electron chi connectivity index (χ2n) is 6.13. The zero-order chi connectivity index (χ0) is 17.8. The molecule has 1 fully saturated rings. The number of aromatic nitrogens is 1. The minimum atomic E-state index is -0.457. The van der Waals surface area contributed by atoms with Gasteiger partial charge in [-0.3, -0.25) is 14.9 Å². The Hall–Kier alpha value is -2.96. The van der Waals surface area contributed by atoms with Gasteiger partial charge in [0.05, 0.1) is 4.92 Å². The fourth-order valence-electron chi connectivity index (χ4n) is 2.90. The monoisotopic (exact) mass is 340 g/mol. The molecule has 0 atom stereocenters. The Kier molecular flexibility index (Phi) is 4.92. The third kappa shape index (κ3) is 3.93. The molecule has 2 aromatic rings. The number of nitro groups is 1. The van der Waals surface area contributed by atoms with Crippen LogP contribution in [0.4, 0.5) is 11.5 Å². The lowest BCUT2D eigenvalue weighted by atomic mass is 10.1. The van der Waals surface area contributed by atoms with E-state index in [0.29, 0.717) is 31.0 Å². The lowest BCUT2D eigenvalue weighted by molar-refractivity contribution is -0.385. The zero-order valence-corrected chi connectivity index (χ0v) is 14.1. The Bertz CT molecular complexity index is 759. The number of aryl methyl sites for hydroxylation is 1. The van der Waals surface area contributed by atoms with E-state index < -0.39 is 4.92 Å². The van der Waals surface area contributed by atoms with E-state index in [0.717, 1.165) is 18.5 Å². The summed E-state index contributed by atoms with van der Waals surface area (Å²) in [5, 5.41) is 10.7. The predicted molar refractivity (Wildman–Crippen MR) is 94.8 cm³/mol. The van der Waals surface area contributed by atoms with Crippen molar-refractivity contribution in [2.45, 2.75) is 13.3 Å². The van der Waals surface area contributed by atoms with Gasteiger partial charge < -0.3 is 9.80 Å². The maximum absolute atomic E-state index is 12.6. The number of benzene rings is 1. The quantitative estimate of drug-likeness (QED) is 0.634. The van der Waals surface area contributed by atoms with Crippen molar-refractivity contribution in [1.29, 1.82) is 0 Å². The Morgan fingerprint density at radius 1 is 1.08 bits per heavy atom. The van der Waals surface area contributed by atoms with E-state index in [9.17, 15) is 14.9 Å². The fourth-order valence-corrected chi connectivity index (χ4v) is 2.90. The van der Waals surface area contributed by atoms with E-state index >= 15 is 0 Å². The highest BCUT2D eigenvalue weighted by atomic mass is 16.6. The number of hydrogen-bond donors (Lipinski definition) is 0. The van der Waals surface area contributed by atoms with Gasteiger partial charge in [0, 0.05) is 37.8 Å². The number of pyridine rings is 1. The molecule has 0 bridgehead atoms. The molecule has 1 aliphatic heterocycles. The number of anilines is 1. The number of nitrogens with zero attached hydrogens (tertiary/aromatic N) is 4. The minimum absolute atomic E-state index is 0.0188. The van der Waals surface area contributed by atoms with Crippen LogP contribution in [0.25, 0.3) is 0 Å². The van der Waals surface area contributed by atoms with Crippen LogP contribution in [0.15, 0.2) is 42.6 Å². The van der Waals surface area contributed by atoms with Crippen molar-refractivity contribution in [3.63, 3.8) is 0 Å². The van der Waals surface area contributed by atoms with Gasteiger partial charge in [-0.2, -0.15) is 0 Å². The van der Waals surface area contributed by atoms with Gasteiger partial charge in [0.1, 0.15) is 12.0 Å². The molecule has 2 heterocycles. The summed E-state index contributed by atoms with van der Waals surface area (Å²) < 4.78 is 0. The predicted octanol–water partition coefficient (Wildman–Crippen LogP) is 2.65. The highest BCUT2D eigenvalue weighted by molar-refractivity contribution is 5.94. The van der Waals surface area contributed by atoms with Gasteiger partial charge in [0.2, 0.25) is 0 Å². The SMILES string of the molecule is Cc1ccc(C(=O)N2CCCN(c3ccc([N+](=O)[O-])cn3)CC2)cc1. The first-order chi connectivity index (χ1) is 12.0. The lowest BCUT2D eigenvalue weighted by Crippen LogP contribution is -2.35. The first kappa shape index (κ1) is 16.9. The van der Waals surface area contributed by atoms with Crippen molar-refractivity contribution in [1.82, 2.24) is 9.88 Å². The number of carbonyl (C=O) groups excluding carboxylic acids is 1. The summed E-state index contributed by atoms with van der Waals surface area (Å²) >= 11 is 0. The minimum Gasteiger partial charge on any atom is -0.355 e. The standard InChI is InChI=1S/C18H20N4O3/c1-14-3-5-15(6-4-14)18(23)21-10-2-9-20(11-12-21)17-8-7-16(13-19-17)22(24)25/h3-8,13H,2,9-12H2,1H3. The molecule has 0 N–H and O–H groups in total. The van der Waals surface area contributed by atoms with Gasteiger partial charge in [0.25, 0.3) is 11.6 Å². The second kappa shape index (κ2) is 7.29. The molecule has 0 spiro atoms. The third-order valence-electron chi connectivity index (χ3n) is 4.35. The number of rotatable bonds is 3. The van der Waals surface area contributed by atoms with Gasteiger partial charge in [-0.15, -0.1) is 0 Å². The summed E-state index contributed by atoms with van der Waals surface area (Å²) in [5.74, 6) is 0.744. The molecule has 0 saturated carbocycles. The van der Waals surface area contributed by atoms with E-state index in [1.54, 1.807) is 6.07 Å². The lowest BCUT2D eigenvalue weighted by Gasteiger charge is -2.22. The van der Waals surface area contributed by atoms with Gasteiger partial charge in [0.15, 0.2) is 0 Å². The maximum Gasteiger partial charge on any atom is 0.287 e. The second-order valence-corrected chi connectivity index (χ2v) is 6.13. The summed E-state index contributed by atoms with van der Waals surface area (Å²) in [6, 6.07) is 10.7. The van der Waals surface area contributed by atoms with Crippen molar-refractivity contribution >= 4 is 17.4 Å². The van der Waals surface area contributed by atoms with Crippen molar-refractivity contribution < 1.29 is 9.72 Å². The van der Waals surface area contributed by atoms with Crippen molar-refractivity contribution in [2.24, 2.45) is 0 Å². The first-order valence-electron chi connectivity index (χ1n) is 8.26. The molecule has 1 saturated heterocycles. The third-order valence-corrected chi connectivity index (χ3v) is 4.35. The Labute approximate surface area is 146 Å².